The van der Waals surface area contributed by atoms with Gasteiger partial charge in [-0.1, -0.05) is 0 Å². The normalized spacial score (nSPS) is 18.9. The van der Waals surface area contributed by atoms with Crippen LogP contribution >= 0.6 is 0 Å². The Kier molecular flexibility index (Phi) is 3.27. The number of rotatable bonds is 1. The summed E-state index contributed by atoms with van der Waals surface area (Å²) in [7, 11) is 0. The highest BCUT2D eigenvalue weighted by molar-refractivity contribution is 5.80. The molecular formula is C12H10F3N3O. The standard InChI is InChI=1S/C12H10F3N3O/c13-12(14,15)10-17-5-8(6-18-10)11(7-16)3-1-9(19)2-4-11/h5-6H,1-4H2. The van der Waals surface area contributed by atoms with Crippen molar-refractivity contribution in [1.29, 1.82) is 5.26 Å². The summed E-state index contributed by atoms with van der Waals surface area (Å²) >= 11 is 0. The van der Waals surface area contributed by atoms with Crippen molar-refractivity contribution < 1.29 is 18.0 Å². The average molecular weight is 269 g/mol. The van der Waals surface area contributed by atoms with E-state index in [4.69, 9.17) is 0 Å². The lowest BCUT2D eigenvalue weighted by Gasteiger charge is -2.29. The predicted octanol–water partition coefficient (Wildman–Crippen LogP) is 2.40. The monoisotopic (exact) mass is 269 g/mol. The second-order valence-corrected chi connectivity index (χ2v) is 4.53. The van der Waals surface area contributed by atoms with Crippen LogP contribution in [0.4, 0.5) is 13.2 Å². The lowest BCUT2D eigenvalue weighted by atomic mass is 9.71. The van der Waals surface area contributed by atoms with Crippen molar-refractivity contribution in [3.05, 3.63) is 23.8 Å². The Hall–Kier alpha value is -1.97. The molecule has 0 aromatic carbocycles. The van der Waals surface area contributed by atoms with Gasteiger partial charge in [0.25, 0.3) is 0 Å². The number of aromatic nitrogens is 2. The molecular weight excluding hydrogens is 259 g/mol. The zero-order chi connectivity index (χ0) is 14.1. The first-order valence-electron chi connectivity index (χ1n) is 5.70. The maximum Gasteiger partial charge on any atom is 0.451 e. The van der Waals surface area contributed by atoms with Crippen LogP contribution in [0.5, 0.6) is 0 Å². The third-order valence-corrected chi connectivity index (χ3v) is 3.33. The van der Waals surface area contributed by atoms with Crippen LogP contribution in [0.1, 0.15) is 37.1 Å². The van der Waals surface area contributed by atoms with Crippen molar-refractivity contribution >= 4 is 5.78 Å². The number of hydrogen-bond acceptors (Lipinski definition) is 4. The van der Waals surface area contributed by atoms with E-state index >= 15 is 0 Å². The summed E-state index contributed by atoms with van der Waals surface area (Å²) < 4.78 is 37.1. The molecule has 2 rings (SSSR count). The molecule has 1 aliphatic carbocycles. The molecule has 0 saturated heterocycles. The fourth-order valence-electron chi connectivity index (χ4n) is 2.14. The topological polar surface area (TPSA) is 66.6 Å². The number of Topliss-reactive ketones (excluding diaryl/α,β-unsaturated/α-hetero) is 1. The molecule has 0 bridgehead atoms. The molecule has 1 aromatic rings. The molecule has 0 spiro atoms. The molecule has 0 amide bonds. The maximum atomic E-state index is 12.4. The fraction of sp³-hybridized carbons (Fsp3) is 0.500. The first-order chi connectivity index (χ1) is 8.87. The second-order valence-electron chi connectivity index (χ2n) is 4.53. The number of hydrogen-bond donors (Lipinski definition) is 0. The van der Waals surface area contributed by atoms with Crippen molar-refractivity contribution in [2.45, 2.75) is 37.3 Å². The molecule has 19 heavy (non-hydrogen) atoms. The SMILES string of the molecule is N#CC1(c2cnc(C(F)(F)F)nc2)CCC(=O)CC1. The van der Waals surface area contributed by atoms with Gasteiger partial charge in [-0.25, -0.2) is 9.97 Å². The van der Waals surface area contributed by atoms with Gasteiger partial charge in [-0.2, -0.15) is 18.4 Å². The minimum Gasteiger partial charge on any atom is -0.300 e. The number of ketones is 1. The minimum atomic E-state index is -4.60. The van der Waals surface area contributed by atoms with E-state index in [-0.39, 0.29) is 18.6 Å². The molecule has 0 unspecified atom stereocenters. The second kappa shape index (κ2) is 4.61. The molecule has 4 nitrogen and oxygen atoms in total. The van der Waals surface area contributed by atoms with E-state index in [0.717, 1.165) is 12.4 Å². The molecule has 1 heterocycles. The summed E-state index contributed by atoms with van der Waals surface area (Å²) in [5.41, 5.74) is -0.603. The van der Waals surface area contributed by atoms with E-state index in [1.165, 1.54) is 0 Å². The highest BCUT2D eigenvalue weighted by Gasteiger charge is 2.39. The van der Waals surface area contributed by atoms with E-state index in [0.29, 0.717) is 18.4 Å². The van der Waals surface area contributed by atoms with Gasteiger partial charge in [0.15, 0.2) is 0 Å². The van der Waals surface area contributed by atoms with Gasteiger partial charge in [-0.05, 0) is 12.8 Å². The van der Waals surface area contributed by atoms with Gasteiger partial charge in [-0.3, -0.25) is 4.79 Å². The average Bonchev–Trinajstić information content (AvgIpc) is 2.39. The van der Waals surface area contributed by atoms with E-state index in [1.54, 1.807) is 0 Å². The summed E-state index contributed by atoms with van der Waals surface area (Å²) in [5, 5.41) is 9.27. The summed E-state index contributed by atoms with van der Waals surface area (Å²) in [4.78, 5) is 17.7. The molecule has 1 aliphatic rings. The van der Waals surface area contributed by atoms with Crippen molar-refractivity contribution in [3.63, 3.8) is 0 Å². The van der Waals surface area contributed by atoms with Crippen LogP contribution in [-0.2, 0) is 16.4 Å². The molecule has 0 radical (unpaired) electrons. The zero-order valence-corrected chi connectivity index (χ0v) is 9.87. The first-order valence-corrected chi connectivity index (χ1v) is 5.70. The van der Waals surface area contributed by atoms with Crippen LogP contribution in [0.25, 0.3) is 0 Å². The van der Waals surface area contributed by atoms with Gasteiger partial charge >= 0.3 is 6.18 Å². The molecule has 0 atom stereocenters. The number of alkyl halides is 3. The first kappa shape index (κ1) is 13.5. The lowest BCUT2D eigenvalue weighted by molar-refractivity contribution is -0.145. The van der Waals surface area contributed by atoms with Crippen LogP contribution < -0.4 is 0 Å². The molecule has 0 N–H and O–H groups in total. The molecule has 7 heteroatoms. The minimum absolute atomic E-state index is 0.0682. The smallest absolute Gasteiger partial charge is 0.300 e. The van der Waals surface area contributed by atoms with E-state index in [1.807, 2.05) is 0 Å². The van der Waals surface area contributed by atoms with Crippen LogP contribution in [0.15, 0.2) is 12.4 Å². The maximum absolute atomic E-state index is 12.4. The Morgan fingerprint density at radius 2 is 1.74 bits per heavy atom. The van der Waals surface area contributed by atoms with Crippen molar-refractivity contribution in [2.24, 2.45) is 0 Å². The Morgan fingerprint density at radius 3 is 2.16 bits per heavy atom. The number of nitrogens with zero attached hydrogens (tertiary/aromatic N) is 3. The van der Waals surface area contributed by atoms with Crippen LogP contribution in [0.2, 0.25) is 0 Å². The third-order valence-electron chi connectivity index (χ3n) is 3.33. The highest BCUT2D eigenvalue weighted by Crippen LogP contribution is 2.37. The number of nitriles is 1. The number of halogens is 3. The lowest BCUT2D eigenvalue weighted by Crippen LogP contribution is -2.31. The van der Waals surface area contributed by atoms with Gasteiger partial charge < -0.3 is 0 Å². The summed E-state index contributed by atoms with van der Waals surface area (Å²) in [6.45, 7) is 0. The molecule has 1 saturated carbocycles. The van der Waals surface area contributed by atoms with E-state index < -0.39 is 17.4 Å². The van der Waals surface area contributed by atoms with Crippen LogP contribution in [0.3, 0.4) is 0 Å². The summed E-state index contributed by atoms with van der Waals surface area (Å²) in [5.74, 6) is -1.16. The number of carbonyl (C=O) groups excluding carboxylic acids is 1. The summed E-state index contributed by atoms with van der Waals surface area (Å²) in [6, 6.07) is 2.10. The van der Waals surface area contributed by atoms with Crippen LogP contribution in [0, 0.1) is 11.3 Å². The third kappa shape index (κ3) is 2.57. The van der Waals surface area contributed by atoms with Gasteiger partial charge in [0.05, 0.1) is 11.5 Å². The molecule has 0 aliphatic heterocycles. The van der Waals surface area contributed by atoms with Gasteiger partial charge in [0.1, 0.15) is 5.78 Å². The molecule has 1 fully saturated rings. The number of carbonyl (C=O) groups is 1. The van der Waals surface area contributed by atoms with Crippen molar-refractivity contribution in [1.82, 2.24) is 9.97 Å². The van der Waals surface area contributed by atoms with Gasteiger partial charge in [-0.15, -0.1) is 0 Å². The Bertz CT molecular complexity index is 521. The fourth-order valence-corrected chi connectivity index (χ4v) is 2.14. The predicted molar refractivity (Wildman–Crippen MR) is 57.8 cm³/mol. The summed E-state index contributed by atoms with van der Waals surface area (Å²) in [6.07, 6.45) is -1.40. The highest BCUT2D eigenvalue weighted by atomic mass is 19.4. The Labute approximate surface area is 107 Å². The van der Waals surface area contributed by atoms with Gasteiger partial charge in [0.2, 0.25) is 5.82 Å². The zero-order valence-electron chi connectivity index (χ0n) is 9.87. The largest absolute Gasteiger partial charge is 0.451 e. The van der Waals surface area contributed by atoms with Crippen LogP contribution in [-0.4, -0.2) is 15.8 Å². The van der Waals surface area contributed by atoms with Crippen molar-refractivity contribution in [2.75, 3.05) is 0 Å². The van der Waals surface area contributed by atoms with E-state index in [9.17, 15) is 23.2 Å². The van der Waals surface area contributed by atoms with Crippen molar-refractivity contribution in [3.8, 4) is 6.07 Å². The Morgan fingerprint density at radius 1 is 1.21 bits per heavy atom. The quantitative estimate of drug-likeness (QED) is 0.785. The Balaban J connectivity index is 2.30. The van der Waals surface area contributed by atoms with E-state index in [2.05, 4.69) is 16.0 Å². The molecule has 100 valence electrons. The van der Waals surface area contributed by atoms with Gasteiger partial charge in [0, 0.05) is 30.8 Å². The molecule has 1 aromatic heterocycles.